The van der Waals surface area contributed by atoms with Gasteiger partial charge in [-0.15, -0.1) is 0 Å². The number of rotatable bonds is 10. The quantitative estimate of drug-likeness (QED) is 0.653. The number of amides is 1. The Balaban J connectivity index is 2.26. The third-order valence-electron chi connectivity index (χ3n) is 4.04. The third kappa shape index (κ3) is 6.05. The minimum absolute atomic E-state index is 0.0846. The van der Waals surface area contributed by atoms with Crippen molar-refractivity contribution in [1.82, 2.24) is 9.62 Å². The van der Waals surface area contributed by atoms with E-state index >= 15 is 0 Å². The van der Waals surface area contributed by atoms with Gasteiger partial charge in [-0.3, -0.25) is 4.79 Å². The number of benzene rings is 2. The summed E-state index contributed by atoms with van der Waals surface area (Å²) in [6, 6.07) is 15.0. The monoisotopic (exact) mass is 406 g/mol. The molecule has 28 heavy (non-hydrogen) atoms. The standard InChI is InChI=1S/C20H26N2O5S/c1-16(15-26-2)21-20(23)14-22(13-17-7-5-4-6-8-17)28(24,25)19-11-9-18(27-3)10-12-19/h4-12,16H,13-15H2,1-3H3,(H,21,23)/t16-/m1/s1. The number of carbonyl (C=O) groups is 1. The van der Waals surface area contributed by atoms with Crippen molar-refractivity contribution < 1.29 is 22.7 Å². The largest absolute Gasteiger partial charge is 0.497 e. The molecule has 0 aliphatic rings. The summed E-state index contributed by atoms with van der Waals surface area (Å²) in [7, 11) is -0.831. The lowest BCUT2D eigenvalue weighted by Crippen LogP contribution is -2.44. The Morgan fingerprint density at radius 2 is 1.71 bits per heavy atom. The summed E-state index contributed by atoms with van der Waals surface area (Å²) < 4.78 is 37.6. The maximum Gasteiger partial charge on any atom is 0.243 e. The van der Waals surface area contributed by atoms with E-state index < -0.39 is 15.9 Å². The number of nitrogens with one attached hydrogen (secondary N) is 1. The lowest BCUT2D eigenvalue weighted by molar-refractivity contribution is -0.122. The van der Waals surface area contributed by atoms with Crippen LogP contribution in [0.2, 0.25) is 0 Å². The summed E-state index contributed by atoms with van der Waals surface area (Å²) in [6.07, 6.45) is 0. The molecule has 152 valence electrons. The summed E-state index contributed by atoms with van der Waals surface area (Å²) in [5.41, 5.74) is 0.789. The fourth-order valence-corrected chi connectivity index (χ4v) is 4.07. The molecule has 0 aliphatic carbocycles. The van der Waals surface area contributed by atoms with Crippen LogP contribution in [0.5, 0.6) is 5.75 Å². The fraction of sp³-hybridized carbons (Fsp3) is 0.350. The SMILES string of the molecule is COC[C@@H](C)NC(=O)CN(Cc1ccccc1)S(=O)(=O)c1ccc(OC)cc1. The van der Waals surface area contributed by atoms with E-state index in [1.54, 1.807) is 26.2 Å². The second-order valence-corrected chi connectivity index (χ2v) is 8.30. The minimum atomic E-state index is -3.88. The predicted molar refractivity (Wildman–Crippen MR) is 107 cm³/mol. The van der Waals surface area contributed by atoms with E-state index in [4.69, 9.17) is 9.47 Å². The molecule has 0 radical (unpaired) electrons. The molecule has 0 aliphatic heterocycles. The molecule has 0 bridgehead atoms. The average Bonchev–Trinajstić information content (AvgIpc) is 2.68. The van der Waals surface area contributed by atoms with E-state index in [2.05, 4.69) is 5.32 Å². The van der Waals surface area contributed by atoms with Crippen molar-refractivity contribution in [3.63, 3.8) is 0 Å². The fourth-order valence-electron chi connectivity index (χ4n) is 2.68. The lowest BCUT2D eigenvalue weighted by Gasteiger charge is -2.23. The molecule has 0 heterocycles. The normalized spacial score (nSPS) is 12.6. The van der Waals surface area contributed by atoms with Crippen LogP contribution in [0.25, 0.3) is 0 Å². The van der Waals surface area contributed by atoms with Crippen molar-refractivity contribution in [2.75, 3.05) is 27.4 Å². The van der Waals surface area contributed by atoms with E-state index in [1.165, 1.54) is 23.5 Å². The highest BCUT2D eigenvalue weighted by atomic mass is 32.2. The maximum atomic E-state index is 13.2. The molecule has 1 atom stereocenters. The summed E-state index contributed by atoms with van der Waals surface area (Å²) in [4.78, 5) is 12.5. The molecule has 7 nitrogen and oxygen atoms in total. The number of hydrogen-bond donors (Lipinski definition) is 1. The number of hydrogen-bond acceptors (Lipinski definition) is 5. The van der Waals surface area contributed by atoms with Gasteiger partial charge in [-0.1, -0.05) is 30.3 Å². The van der Waals surface area contributed by atoms with Crippen LogP contribution >= 0.6 is 0 Å². The maximum absolute atomic E-state index is 13.2. The molecule has 0 fully saturated rings. The molecular weight excluding hydrogens is 380 g/mol. The van der Waals surface area contributed by atoms with Crippen LogP contribution in [0.4, 0.5) is 0 Å². The van der Waals surface area contributed by atoms with Gasteiger partial charge in [-0.25, -0.2) is 8.42 Å². The number of sulfonamides is 1. The molecule has 1 N–H and O–H groups in total. The van der Waals surface area contributed by atoms with Crippen LogP contribution < -0.4 is 10.1 Å². The summed E-state index contributed by atoms with van der Waals surface area (Å²) in [5.74, 6) is 0.164. The summed E-state index contributed by atoms with van der Waals surface area (Å²) >= 11 is 0. The Labute approximate surface area is 166 Å². The van der Waals surface area contributed by atoms with E-state index in [-0.39, 0.29) is 24.0 Å². The topological polar surface area (TPSA) is 84.9 Å². The number of carbonyl (C=O) groups excluding carboxylic acids is 1. The van der Waals surface area contributed by atoms with Crippen LogP contribution in [0.1, 0.15) is 12.5 Å². The first-order chi connectivity index (χ1) is 13.4. The lowest BCUT2D eigenvalue weighted by atomic mass is 10.2. The smallest absolute Gasteiger partial charge is 0.243 e. The predicted octanol–water partition coefficient (Wildman–Crippen LogP) is 2.04. The average molecular weight is 407 g/mol. The molecule has 0 unspecified atom stereocenters. The molecule has 0 saturated carbocycles. The van der Waals surface area contributed by atoms with Crippen LogP contribution in [-0.2, 0) is 26.1 Å². The molecule has 0 saturated heterocycles. The van der Waals surface area contributed by atoms with Gasteiger partial charge in [0.15, 0.2) is 0 Å². The van der Waals surface area contributed by atoms with Gasteiger partial charge in [0, 0.05) is 19.7 Å². The van der Waals surface area contributed by atoms with Crippen LogP contribution in [0.3, 0.4) is 0 Å². The molecule has 0 aromatic heterocycles. The van der Waals surface area contributed by atoms with Crippen molar-refractivity contribution >= 4 is 15.9 Å². The first kappa shape index (κ1) is 21.9. The van der Waals surface area contributed by atoms with Gasteiger partial charge < -0.3 is 14.8 Å². The Morgan fingerprint density at radius 1 is 1.07 bits per heavy atom. The highest BCUT2D eigenvalue weighted by Gasteiger charge is 2.27. The molecule has 2 aromatic carbocycles. The number of nitrogens with zero attached hydrogens (tertiary/aromatic N) is 1. The van der Waals surface area contributed by atoms with Crippen LogP contribution in [0.15, 0.2) is 59.5 Å². The highest BCUT2D eigenvalue weighted by Crippen LogP contribution is 2.21. The van der Waals surface area contributed by atoms with E-state index in [9.17, 15) is 13.2 Å². The van der Waals surface area contributed by atoms with Gasteiger partial charge >= 0.3 is 0 Å². The van der Waals surface area contributed by atoms with Crippen molar-refractivity contribution in [1.29, 1.82) is 0 Å². The van der Waals surface area contributed by atoms with Crippen molar-refractivity contribution in [3.8, 4) is 5.75 Å². The zero-order valence-electron chi connectivity index (χ0n) is 16.3. The Kier molecular flexibility index (Phi) is 7.98. The molecule has 2 rings (SSSR count). The molecular formula is C20H26N2O5S. The number of methoxy groups -OCH3 is 2. The number of ether oxygens (including phenoxy) is 2. The third-order valence-corrected chi connectivity index (χ3v) is 5.85. The van der Waals surface area contributed by atoms with Gasteiger partial charge in [0.05, 0.1) is 25.2 Å². The van der Waals surface area contributed by atoms with Gasteiger partial charge in [0.25, 0.3) is 0 Å². The first-order valence-electron chi connectivity index (χ1n) is 8.83. The summed E-state index contributed by atoms with van der Waals surface area (Å²) in [5, 5.41) is 2.75. The van der Waals surface area contributed by atoms with Gasteiger partial charge in [-0.2, -0.15) is 4.31 Å². The van der Waals surface area contributed by atoms with Crippen molar-refractivity contribution in [2.45, 2.75) is 24.4 Å². The second kappa shape index (κ2) is 10.2. The van der Waals surface area contributed by atoms with Gasteiger partial charge in [0.2, 0.25) is 15.9 Å². The second-order valence-electron chi connectivity index (χ2n) is 6.36. The molecule has 0 spiro atoms. The van der Waals surface area contributed by atoms with Crippen molar-refractivity contribution in [2.24, 2.45) is 0 Å². The molecule has 8 heteroatoms. The molecule has 1 amide bonds. The Bertz CT molecular complexity index is 854. The Hall–Kier alpha value is -2.42. The van der Waals surface area contributed by atoms with E-state index in [0.717, 1.165) is 5.56 Å². The van der Waals surface area contributed by atoms with E-state index in [0.29, 0.717) is 12.4 Å². The zero-order valence-corrected chi connectivity index (χ0v) is 17.1. The van der Waals surface area contributed by atoms with Crippen LogP contribution in [-0.4, -0.2) is 52.0 Å². The first-order valence-corrected chi connectivity index (χ1v) is 10.3. The van der Waals surface area contributed by atoms with Crippen LogP contribution in [0, 0.1) is 0 Å². The summed E-state index contributed by atoms with van der Waals surface area (Å²) in [6.45, 7) is 1.93. The van der Waals surface area contributed by atoms with Gasteiger partial charge in [0.1, 0.15) is 5.75 Å². The zero-order chi connectivity index (χ0) is 20.6. The van der Waals surface area contributed by atoms with Crippen molar-refractivity contribution in [3.05, 3.63) is 60.2 Å². The molecule has 2 aromatic rings. The highest BCUT2D eigenvalue weighted by molar-refractivity contribution is 7.89. The van der Waals surface area contributed by atoms with E-state index in [1.807, 2.05) is 30.3 Å². The minimum Gasteiger partial charge on any atom is -0.497 e. The van der Waals surface area contributed by atoms with Gasteiger partial charge in [-0.05, 0) is 36.8 Å². The Morgan fingerprint density at radius 3 is 2.29 bits per heavy atom.